The molecule has 2 nitrogen and oxygen atoms in total. The third-order valence-corrected chi connectivity index (χ3v) is 4.69. The Bertz CT molecular complexity index is 422. The first-order valence-corrected chi connectivity index (χ1v) is 6.87. The van der Waals surface area contributed by atoms with Crippen molar-refractivity contribution < 1.29 is 4.79 Å². The Kier molecular flexibility index (Phi) is 2.65. The summed E-state index contributed by atoms with van der Waals surface area (Å²) in [4.78, 5) is 12.0. The van der Waals surface area contributed by atoms with Gasteiger partial charge in [0.25, 0.3) is 0 Å². The van der Waals surface area contributed by atoms with E-state index in [1.54, 1.807) is 0 Å². The van der Waals surface area contributed by atoms with Crippen LogP contribution in [0.4, 0.5) is 5.69 Å². The Hall–Kier alpha value is -0.580. The van der Waals surface area contributed by atoms with Crippen molar-refractivity contribution >= 4 is 34.2 Å². The van der Waals surface area contributed by atoms with Crippen LogP contribution in [-0.4, -0.2) is 5.91 Å². The number of nitrogens with one attached hydrogen (secondary N) is 1. The lowest BCUT2D eigenvalue weighted by molar-refractivity contribution is -0.120. The largest absolute Gasteiger partial charge is 0.325 e. The standard InChI is InChI=1S/C13H14INO/c14-11-3-1-2-4-12(11)15-13(16)10-6-8-5-9(8)7-10/h1-4,8-10H,5-7H2,(H,15,16). The quantitative estimate of drug-likeness (QED) is 0.830. The van der Waals surface area contributed by atoms with E-state index < -0.39 is 0 Å². The predicted molar refractivity (Wildman–Crippen MR) is 72.1 cm³/mol. The van der Waals surface area contributed by atoms with E-state index in [4.69, 9.17) is 0 Å². The van der Waals surface area contributed by atoms with Gasteiger partial charge in [-0.2, -0.15) is 0 Å². The van der Waals surface area contributed by atoms with E-state index in [0.717, 1.165) is 33.9 Å². The molecule has 0 aromatic heterocycles. The van der Waals surface area contributed by atoms with Crippen LogP contribution in [0.5, 0.6) is 0 Å². The van der Waals surface area contributed by atoms with Gasteiger partial charge >= 0.3 is 0 Å². The SMILES string of the molecule is O=C(Nc1ccccc1I)C1CC2CC2C1. The van der Waals surface area contributed by atoms with Crippen LogP contribution in [0.3, 0.4) is 0 Å². The van der Waals surface area contributed by atoms with E-state index in [0.29, 0.717) is 0 Å². The zero-order chi connectivity index (χ0) is 11.1. The van der Waals surface area contributed by atoms with E-state index in [2.05, 4.69) is 27.9 Å². The Morgan fingerprint density at radius 1 is 1.19 bits per heavy atom. The number of para-hydroxylation sites is 1. The first-order valence-electron chi connectivity index (χ1n) is 5.79. The molecule has 0 saturated heterocycles. The maximum absolute atomic E-state index is 12.0. The smallest absolute Gasteiger partial charge is 0.227 e. The number of hydrogen-bond donors (Lipinski definition) is 1. The van der Waals surface area contributed by atoms with Crippen LogP contribution in [0, 0.1) is 21.3 Å². The number of halogens is 1. The van der Waals surface area contributed by atoms with Gasteiger partial charge in [0.2, 0.25) is 5.91 Å². The van der Waals surface area contributed by atoms with Crippen molar-refractivity contribution in [1.82, 2.24) is 0 Å². The van der Waals surface area contributed by atoms with Crippen LogP contribution in [0.2, 0.25) is 0 Å². The first-order chi connectivity index (χ1) is 7.74. The van der Waals surface area contributed by atoms with Gasteiger partial charge in [0, 0.05) is 9.49 Å². The van der Waals surface area contributed by atoms with Crippen LogP contribution in [0.15, 0.2) is 24.3 Å². The van der Waals surface area contributed by atoms with Gasteiger partial charge in [0.05, 0.1) is 5.69 Å². The lowest BCUT2D eigenvalue weighted by Crippen LogP contribution is -2.22. The number of rotatable bonds is 2. The number of anilines is 1. The zero-order valence-electron chi connectivity index (χ0n) is 8.95. The number of carbonyl (C=O) groups excluding carboxylic acids is 1. The van der Waals surface area contributed by atoms with Crippen molar-refractivity contribution in [2.24, 2.45) is 17.8 Å². The Morgan fingerprint density at radius 2 is 1.88 bits per heavy atom. The minimum atomic E-state index is 0.219. The highest BCUT2D eigenvalue weighted by molar-refractivity contribution is 14.1. The monoisotopic (exact) mass is 327 g/mol. The van der Waals surface area contributed by atoms with Crippen molar-refractivity contribution in [2.75, 3.05) is 5.32 Å². The minimum Gasteiger partial charge on any atom is -0.325 e. The second-order valence-corrected chi connectivity index (χ2v) is 6.06. The van der Waals surface area contributed by atoms with Crippen LogP contribution in [-0.2, 0) is 4.79 Å². The Morgan fingerprint density at radius 3 is 2.56 bits per heavy atom. The van der Waals surface area contributed by atoms with Crippen molar-refractivity contribution in [3.63, 3.8) is 0 Å². The molecule has 2 unspecified atom stereocenters. The van der Waals surface area contributed by atoms with Gasteiger partial charge in [0.1, 0.15) is 0 Å². The molecule has 0 spiro atoms. The van der Waals surface area contributed by atoms with Gasteiger partial charge in [-0.3, -0.25) is 4.79 Å². The van der Waals surface area contributed by atoms with Gasteiger partial charge in [-0.15, -0.1) is 0 Å². The molecule has 0 aliphatic heterocycles. The molecule has 0 radical (unpaired) electrons. The topological polar surface area (TPSA) is 29.1 Å². The van der Waals surface area contributed by atoms with E-state index in [1.807, 2.05) is 24.3 Å². The maximum Gasteiger partial charge on any atom is 0.227 e. The van der Waals surface area contributed by atoms with Gasteiger partial charge < -0.3 is 5.32 Å². The molecule has 3 heteroatoms. The number of carbonyl (C=O) groups is 1. The Balaban J connectivity index is 1.66. The molecule has 2 atom stereocenters. The first kappa shape index (κ1) is 10.6. The molecule has 0 bridgehead atoms. The molecule has 16 heavy (non-hydrogen) atoms. The lowest BCUT2D eigenvalue weighted by Gasteiger charge is -2.13. The van der Waals surface area contributed by atoms with Crippen LogP contribution in [0.25, 0.3) is 0 Å². The zero-order valence-corrected chi connectivity index (χ0v) is 11.1. The normalized spacial score (nSPS) is 30.9. The highest BCUT2D eigenvalue weighted by Crippen LogP contribution is 2.54. The van der Waals surface area contributed by atoms with Gasteiger partial charge in [-0.25, -0.2) is 0 Å². The fourth-order valence-corrected chi connectivity index (χ4v) is 3.25. The second kappa shape index (κ2) is 4.02. The lowest BCUT2D eigenvalue weighted by atomic mass is 10.0. The average molecular weight is 327 g/mol. The van der Waals surface area contributed by atoms with Crippen molar-refractivity contribution in [3.05, 3.63) is 27.8 Å². The van der Waals surface area contributed by atoms with E-state index >= 15 is 0 Å². The number of benzene rings is 1. The molecule has 84 valence electrons. The Labute approximate surface area is 109 Å². The van der Waals surface area contributed by atoms with Crippen LogP contribution >= 0.6 is 22.6 Å². The van der Waals surface area contributed by atoms with Crippen molar-refractivity contribution in [1.29, 1.82) is 0 Å². The summed E-state index contributed by atoms with van der Waals surface area (Å²) < 4.78 is 1.11. The third-order valence-electron chi connectivity index (χ3n) is 3.75. The van der Waals surface area contributed by atoms with Crippen molar-refractivity contribution in [2.45, 2.75) is 19.3 Å². The fourth-order valence-electron chi connectivity index (χ4n) is 2.73. The molecule has 3 rings (SSSR count). The molecule has 2 fully saturated rings. The summed E-state index contributed by atoms with van der Waals surface area (Å²) in [5.74, 6) is 2.22. The van der Waals surface area contributed by atoms with Crippen LogP contribution in [0.1, 0.15) is 19.3 Å². The molecule has 0 heterocycles. The van der Waals surface area contributed by atoms with Crippen LogP contribution < -0.4 is 5.32 Å². The molecule has 2 saturated carbocycles. The molecule has 1 aromatic rings. The summed E-state index contributed by atoms with van der Waals surface area (Å²) in [6.45, 7) is 0. The molecule has 2 aliphatic carbocycles. The maximum atomic E-state index is 12.0. The third kappa shape index (κ3) is 1.97. The fraction of sp³-hybridized carbons (Fsp3) is 0.462. The summed E-state index contributed by atoms with van der Waals surface area (Å²) in [6.07, 6.45) is 3.59. The van der Waals surface area contributed by atoms with Gasteiger partial charge in [0.15, 0.2) is 0 Å². The second-order valence-electron chi connectivity index (χ2n) is 4.89. The summed E-state index contributed by atoms with van der Waals surface area (Å²) in [6, 6.07) is 7.93. The number of hydrogen-bond acceptors (Lipinski definition) is 1. The molecular weight excluding hydrogens is 313 g/mol. The molecular formula is C13H14INO. The average Bonchev–Trinajstić information content (AvgIpc) is 2.89. The predicted octanol–water partition coefficient (Wildman–Crippen LogP) is 3.28. The summed E-state index contributed by atoms with van der Waals surface area (Å²) in [5, 5.41) is 3.05. The van der Waals surface area contributed by atoms with E-state index in [9.17, 15) is 4.79 Å². The van der Waals surface area contributed by atoms with Gasteiger partial charge in [-0.05, 0) is 65.8 Å². The molecule has 2 aliphatic rings. The van der Waals surface area contributed by atoms with Gasteiger partial charge in [-0.1, -0.05) is 12.1 Å². The van der Waals surface area contributed by atoms with E-state index in [-0.39, 0.29) is 11.8 Å². The highest BCUT2D eigenvalue weighted by Gasteiger charge is 2.47. The molecule has 1 amide bonds. The summed E-state index contributed by atoms with van der Waals surface area (Å²) in [7, 11) is 0. The molecule has 1 aromatic carbocycles. The number of amides is 1. The minimum absolute atomic E-state index is 0.219. The summed E-state index contributed by atoms with van der Waals surface area (Å²) in [5.41, 5.74) is 0.952. The number of fused-ring (bicyclic) bond motifs is 1. The van der Waals surface area contributed by atoms with E-state index in [1.165, 1.54) is 6.42 Å². The summed E-state index contributed by atoms with van der Waals surface area (Å²) >= 11 is 2.26. The molecule has 1 N–H and O–H groups in total. The van der Waals surface area contributed by atoms with Crippen molar-refractivity contribution in [3.8, 4) is 0 Å². The highest BCUT2D eigenvalue weighted by atomic mass is 127.